The molecule has 7 nitrogen and oxygen atoms in total. The molecule has 0 spiro atoms. The first-order chi connectivity index (χ1) is 12.0. The zero-order valence-electron chi connectivity index (χ0n) is 14.4. The molecule has 1 aromatic carbocycles. The van der Waals surface area contributed by atoms with Gasteiger partial charge in [0.1, 0.15) is 0 Å². The van der Waals surface area contributed by atoms with E-state index < -0.39 is 4.92 Å². The molecule has 0 bridgehead atoms. The van der Waals surface area contributed by atoms with Gasteiger partial charge in [-0.1, -0.05) is 18.2 Å². The number of nitrogens with one attached hydrogen (secondary N) is 1. The van der Waals surface area contributed by atoms with Crippen LogP contribution in [0.25, 0.3) is 10.9 Å². The van der Waals surface area contributed by atoms with E-state index in [-0.39, 0.29) is 17.5 Å². The van der Waals surface area contributed by atoms with Crippen LogP contribution in [0.1, 0.15) is 12.5 Å². The summed E-state index contributed by atoms with van der Waals surface area (Å²) in [4.78, 5) is 15.0. The molecule has 0 amide bonds. The summed E-state index contributed by atoms with van der Waals surface area (Å²) in [6.45, 7) is 1.98. The third-order valence-electron chi connectivity index (χ3n) is 4.14. The number of pyridine rings is 1. The lowest BCUT2D eigenvalue weighted by molar-refractivity contribution is -0.384. The SMILES string of the molecule is COc1ccc([N+](=O)[O-])c(NC(C)Cc2cn(C)c3ccccc23)n1. The number of ether oxygens (including phenoxy) is 1. The lowest BCUT2D eigenvalue weighted by atomic mass is 10.1. The maximum Gasteiger partial charge on any atom is 0.311 e. The van der Waals surface area contributed by atoms with Crippen LogP contribution >= 0.6 is 0 Å². The van der Waals surface area contributed by atoms with Gasteiger partial charge in [0.25, 0.3) is 0 Å². The molecule has 1 unspecified atom stereocenters. The van der Waals surface area contributed by atoms with Crippen molar-refractivity contribution in [2.24, 2.45) is 7.05 Å². The van der Waals surface area contributed by atoms with Gasteiger partial charge in [0.15, 0.2) is 0 Å². The molecular formula is C18H20N4O3. The van der Waals surface area contributed by atoms with E-state index in [1.165, 1.54) is 30.2 Å². The number of aryl methyl sites for hydroxylation is 1. The van der Waals surface area contributed by atoms with Crippen LogP contribution in [0.5, 0.6) is 5.88 Å². The fraction of sp³-hybridized carbons (Fsp3) is 0.278. The first kappa shape index (κ1) is 16.8. The smallest absolute Gasteiger partial charge is 0.311 e. The number of hydrogen-bond donors (Lipinski definition) is 1. The summed E-state index contributed by atoms with van der Waals surface area (Å²) in [7, 11) is 3.50. The maximum atomic E-state index is 11.2. The van der Waals surface area contributed by atoms with Gasteiger partial charge >= 0.3 is 5.69 Å². The van der Waals surface area contributed by atoms with E-state index in [9.17, 15) is 10.1 Å². The molecule has 7 heteroatoms. The molecule has 0 aliphatic carbocycles. The van der Waals surface area contributed by atoms with E-state index in [4.69, 9.17) is 4.74 Å². The molecule has 0 aliphatic heterocycles. The highest BCUT2D eigenvalue weighted by molar-refractivity contribution is 5.84. The van der Waals surface area contributed by atoms with E-state index in [1.807, 2.05) is 26.1 Å². The zero-order chi connectivity index (χ0) is 18.0. The fourth-order valence-corrected chi connectivity index (χ4v) is 3.00. The summed E-state index contributed by atoms with van der Waals surface area (Å²) in [5.41, 5.74) is 2.28. The Bertz CT molecular complexity index is 920. The van der Waals surface area contributed by atoms with Crippen LogP contribution in [0, 0.1) is 10.1 Å². The summed E-state index contributed by atoms with van der Waals surface area (Å²) in [5.74, 6) is 0.558. The number of benzene rings is 1. The summed E-state index contributed by atoms with van der Waals surface area (Å²) >= 11 is 0. The van der Waals surface area contributed by atoms with Gasteiger partial charge in [0.05, 0.1) is 12.0 Å². The Balaban J connectivity index is 1.85. The number of nitrogens with zero attached hydrogens (tertiary/aromatic N) is 3. The van der Waals surface area contributed by atoms with Crippen molar-refractivity contribution in [2.75, 3.05) is 12.4 Å². The molecule has 0 saturated carbocycles. The second-order valence-electron chi connectivity index (χ2n) is 6.01. The van der Waals surface area contributed by atoms with Gasteiger partial charge in [0, 0.05) is 42.3 Å². The molecular weight excluding hydrogens is 320 g/mol. The van der Waals surface area contributed by atoms with Gasteiger partial charge in [-0.2, -0.15) is 4.98 Å². The van der Waals surface area contributed by atoms with Crippen molar-refractivity contribution in [2.45, 2.75) is 19.4 Å². The van der Waals surface area contributed by atoms with Crippen LogP contribution in [0.4, 0.5) is 11.5 Å². The average molecular weight is 340 g/mol. The normalized spacial score (nSPS) is 12.1. The van der Waals surface area contributed by atoms with E-state index in [0.29, 0.717) is 5.88 Å². The van der Waals surface area contributed by atoms with Crippen LogP contribution in [0.15, 0.2) is 42.6 Å². The van der Waals surface area contributed by atoms with Crippen LogP contribution in [-0.2, 0) is 13.5 Å². The van der Waals surface area contributed by atoms with Gasteiger partial charge in [-0.25, -0.2) is 0 Å². The largest absolute Gasteiger partial charge is 0.481 e. The van der Waals surface area contributed by atoms with Crippen molar-refractivity contribution in [1.29, 1.82) is 0 Å². The summed E-state index contributed by atoms with van der Waals surface area (Å²) in [6, 6.07) is 11.0. The molecule has 0 fully saturated rings. The molecule has 0 saturated heterocycles. The maximum absolute atomic E-state index is 11.2. The minimum Gasteiger partial charge on any atom is -0.481 e. The standard InChI is InChI=1S/C18H20N4O3/c1-12(10-13-11-21(2)15-7-5-4-6-14(13)15)19-18-16(22(23)24)8-9-17(20-18)25-3/h4-9,11-12H,10H2,1-3H3,(H,19,20). The number of aromatic nitrogens is 2. The van der Waals surface area contributed by atoms with E-state index in [2.05, 4.69) is 33.2 Å². The van der Waals surface area contributed by atoms with E-state index in [0.717, 1.165) is 11.9 Å². The van der Waals surface area contributed by atoms with Crippen LogP contribution in [-0.4, -0.2) is 27.6 Å². The minimum absolute atomic E-state index is 0.0379. The number of nitro groups is 1. The van der Waals surface area contributed by atoms with Gasteiger partial charge in [0.2, 0.25) is 11.7 Å². The quantitative estimate of drug-likeness (QED) is 0.548. The van der Waals surface area contributed by atoms with E-state index in [1.54, 1.807) is 0 Å². The number of hydrogen-bond acceptors (Lipinski definition) is 5. The van der Waals surface area contributed by atoms with Crippen molar-refractivity contribution < 1.29 is 9.66 Å². The lowest BCUT2D eigenvalue weighted by Gasteiger charge is -2.14. The van der Waals surface area contributed by atoms with E-state index >= 15 is 0 Å². The molecule has 25 heavy (non-hydrogen) atoms. The first-order valence-electron chi connectivity index (χ1n) is 7.98. The highest BCUT2D eigenvalue weighted by Crippen LogP contribution is 2.27. The minimum atomic E-state index is -0.445. The highest BCUT2D eigenvalue weighted by Gasteiger charge is 2.19. The van der Waals surface area contributed by atoms with Gasteiger partial charge in [-0.05, 0) is 25.0 Å². The molecule has 3 rings (SSSR count). The Labute approximate surface area is 145 Å². The summed E-state index contributed by atoms with van der Waals surface area (Å²) < 4.78 is 7.16. The Hall–Kier alpha value is -3.09. The molecule has 0 radical (unpaired) electrons. The molecule has 1 atom stereocenters. The Morgan fingerprint density at radius 1 is 1.32 bits per heavy atom. The summed E-state index contributed by atoms with van der Waals surface area (Å²) in [6.07, 6.45) is 2.81. The third kappa shape index (κ3) is 3.40. The van der Waals surface area contributed by atoms with Crippen LogP contribution in [0.2, 0.25) is 0 Å². The first-order valence-corrected chi connectivity index (χ1v) is 7.98. The zero-order valence-corrected chi connectivity index (χ0v) is 14.4. The Kier molecular flexibility index (Phi) is 4.56. The topological polar surface area (TPSA) is 82.2 Å². The second kappa shape index (κ2) is 6.80. The molecule has 2 heterocycles. The number of anilines is 1. The van der Waals surface area contributed by atoms with Gasteiger partial charge in [-0.3, -0.25) is 10.1 Å². The van der Waals surface area contributed by atoms with Crippen molar-refractivity contribution in [3.8, 4) is 5.88 Å². The average Bonchev–Trinajstić information content (AvgIpc) is 2.90. The predicted octanol–water partition coefficient (Wildman–Crippen LogP) is 3.53. The van der Waals surface area contributed by atoms with Crippen molar-refractivity contribution in [3.63, 3.8) is 0 Å². The molecule has 1 N–H and O–H groups in total. The van der Waals surface area contributed by atoms with Crippen LogP contribution in [0.3, 0.4) is 0 Å². The van der Waals surface area contributed by atoms with Crippen molar-refractivity contribution in [3.05, 3.63) is 58.3 Å². The van der Waals surface area contributed by atoms with Crippen molar-refractivity contribution >= 4 is 22.4 Å². The van der Waals surface area contributed by atoms with Gasteiger partial charge < -0.3 is 14.6 Å². The third-order valence-corrected chi connectivity index (χ3v) is 4.14. The fourth-order valence-electron chi connectivity index (χ4n) is 3.00. The summed E-state index contributed by atoms with van der Waals surface area (Å²) in [5, 5.41) is 15.6. The Morgan fingerprint density at radius 3 is 2.80 bits per heavy atom. The molecule has 0 aliphatic rings. The monoisotopic (exact) mass is 340 g/mol. The van der Waals surface area contributed by atoms with Gasteiger partial charge in [-0.15, -0.1) is 0 Å². The van der Waals surface area contributed by atoms with Crippen molar-refractivity contribution in [1.82, 2.24) is 9.55 Å². The second-order valence-corrected chi connectivity index (χ2v) is 6.01. The number of para-hydroxylation sites is 1. The lowest BCUT2D eigenvalue weighted by Crippen LogP contribution is -2.19. The van der Waals surface area contributed by atoms with Crippen LogP contribution < -0.4 is 10.1 Å². The highest BCUT2D eigenvalue weighted by atomic mass is 16.6. The number of methoxy groups -OCH3 is 1. The predicted molar refractivity (Wildman–Crippen MR) is 97.2 cm³/mol. The number of rotatable bonds is 6. The molecule has 130 valence electrons. The molecule has 2 aromatic heterocycles. The Morgan fingerprint density at radius 2 is 2.08 bits per heavy atom. The number of fused-ring (bicyclic) bond motifs is 1. The molecule has 3 aromatic rings.